The Bertz CT molecular complexity index is 1460. The molecule has 38 heavy (non-hydrogen) atoms. The van der Waals surface area contributed by atoms with Crippen molar-refractivity contribution in [3.05, 3.63) is 99.1 Å². The van der Waals surface area contributed by atoms with Crippen molar-refractivity contribution in [1.82, 2.24) is 20.4 Å². The van der Waals surface area contributed by atoms with Gasteiger partial charge in [0.1, 0.15) is 11.4 Å². The lowest BCUT2D eigenvalue weighted by Gasteiger charge is -2.14. The summed E-state index contributed by atoms with van der Waals surface area (Å²) in [5.41, 5.74) is 2.48. The number of benzene rings is 2. The number of carbonyl (C=O) groups excluding carboxylic acids is 2. The fourth-order valence-corrected chi connectivity index (χ4v) is 5.32. The summed E-state index contributed by atoms with van der Waals surface area (Å²) in [7, 11) is 0. The lowest BCUT2D eigenvalue weighted by molar-refractivity contribution is -0.118. The minimum atomic E-state index is -0.529. The molecule has 0 bridgehead atoms. The van der Waals surface area contributed by atoms with Gasteiger partial charge in [0, 0.05) is 29.9 Å². The van der Waals surface area contributed by atoms with Gasteiger partial charge in [-0.3, -0.25) is 9.59 Å². The summed E-state index contributed by atoms with van der Waals surface area (Å²) in [6.07, 6.45) is 5.24. The van der Waals surface area contributed by atoms with E-state index in [2.05, 4.69) is 10.6 Å². The standard InChI is InChI=1S/C28H24Cl2N4O3S/c29-19-10-11-22(23(30)15-19)27(35)32-24(28(36)31-16-21-8-4-12-37-21)14-18-17-34(20-6-2-1-3-7-20)33-26(18)25-9-5-13-38-25/h1-3,5-7,9-11,13-15,17,21H,4,8,12,16H2,(H,31,36)(H,32,35)/b24-14-/t21-/m1/s1. The molecule has 1 fully saturated rings. The van der Waals surface area contributed by atoms with E-state index in [-0.39, 0.29) is 22.4 Å². The minimum Gasteiger partial charge on any atom is -0.376 e. The van der Waals surface area contributed by atoms with Crippen molar-refractivity contribution in [3.8, 4) is 16.3 Å². The van der Waals surface area contributed by atoms with Crippen LogP contribution in [-0.2, 0) is 9.53 Å². The third-order valence-corrected chi connectivity index (χ3v) is 7.42. The molecule has 194 valence electrons. The van der Waals surface area contributed by atoms with E-state index < -0.39 is 11.8 Å². The fraction of sp³-hybridized carbons (Fsp3) is 0.179. The summed E-state index contributed by atoms with van der Waals surface area (Å²) in [6.45, 7) is 1.02. The molecule has 2 aromatic carbocycles. The number of para-hydroxylation sites is 1. The fourth-order valence-electron chi connectivity index (χ4n) is 4.09. The lowest BCUT2D eigenvalue weighted by atomic mass is 10.1. The zero-order valence-corrected chi connectivity index (χ0v) is 22.5. The Morgan fingerprint density at radius 1 is 1.13 bits per heavy atom. The predicted octanol–water partition coefficient (Wildman–Crippen LogP) is 5.97. The highest BCUT2D eigenvalue weighted by atomic mass is 35.5. The van der Waals surface area contributed by atoms with Crippen LogP contribution in [0.4, 0.5) is 0 Å². The molecule has 4 aromatic rings. The van der Waals surface area contributed by atoms with Crippen LogP contribution in [0.5, 0.6) is 0 Å². The van der Waals surface area contributed by atoms with Crippen LogP contribution in [0.25, 0.3) is 22.3 Å². The molecule has 1 atom stereocenters. The van der Waals surface area contributed by atoms with Gasteiger partial charge >= 0.3 is 0 Å². The van der Waals surface area contributed by atoms with Gasteiger partial charge < -0.3 is 15.4 Å². The first-order valence-corrected chi connectivity index (χ1v) is 13.7. The van der Waals surface area contributed by atoms with Crippen molar-refractivity contribution in [1.29, 1.82) is 0 Å². The molecular weight excluding hydrogens is 543 g/mol. The van der Waals surface area contributed by atoms with Crippen molar-refractivity contribution in [3.63, 3.8) is 0 Å². The van der Waals surface area contributed by atoms with Crippen molar-refractivity contribution >= 4 is 52.4 Å². The Hall–Kier alpha value is -3.43. The van der Waals surface area contributed by atoms with Gasteiger partial charge in [-0.05, 0) is 60.7 Å². The predicted molar refractivity (Wildman–Crippen MR) is 151 cm³/mol. The van der Waals surface area contributed by atoms with Gasteiger partial charge in [-0.1, -0.05) is 47.5 Å². The second-order valence-electron chi connectivity index (χ2n) is 8.67. The highest BCUT2D eigenvalue weighted by Crippen LogP contribution is 2.29. The number of rotatable bonds is 8. The van der Waals surface area contributed by atoms with Crippen LogP contribution in [0.2, 0.25) is 10.0 Å². The maximum Gasteiger partial charge on any atom is 0.267 e. The van der Waals surface area contributed by atoms with E-state index in [1.807, 2.05) is 54.0 Å². The molecule has 5 rings (SSSR count). The molecule has 0 aliphatic carbocycles. The van der Waals surface area contributed by atoms with Gasteiger partial charge in [0.2, 0.25) is 0 Å². The second-order valence-corrected chi connectivity index (χ2v) is 10.5. The SMILES string of the molecule is O=C(NC[C@H]1CCCO1)/C(=C/c1cn(-c2ccccc2)nc1-c1cccs1)NC(=O)c1ccc(Cl)cc1Cl. The minimum absolute atomic E-state index is 0.0517. The third kappa shape index (κ3) is 6.16. The molecule has 0 unspecified atom stereocenters. The van der Waals surface area contributed by atoms with E-state index in [1.54, 1.807) is 16.8 Å². The molecule has 2 amide bonds. The van der Waals surface area contributed by atoms with Gasteiger partial charge in [-0.25, -0.2) is 4.68 Å². The van der Waals surface area contributed by atoms with Gasteiger partial charge in [0.15, 0.2) is 0 Å². The molecule has 0 spiro atoms. The van der Waals surface area contributed by atoms with Crippen molar-refractivity contribution < 1.29 is 14.3 Å². The van der Waals surface area contributed by atoms with Crippen LogP contribution < -0.4 is 10.6 Å². The molecule has 2 N–H and O–H groups in total. The van der Waals surface area contributed by atoms with Crippen LogP contribution >= 0.6 is 34.5 Å². The Morgan fingerprint density at radius 3 is 2.68 bits per heavy atom. The number of aromatic nitrogens is 2. The summed E-state index contributed by atoms with van der Waals surface area (Å²) in [6, 6.07) is 18.1. The number of nitrogens with one attached hydrogen (secondary N) is 2. The number of halogens is 2. The summed E-state index contributed by atoms with van der Waals surface area (Å²) in [4.78, 5) is 27.5. The number of thiophene rings is 1. The molecule has 10 heteroatoms. The quantitative estimate of drug-likeness (QED) is 0.257. The van der Waals surface area contributed by atoms with Crippen LogP contribution in [0.1, 0.15) is 28.8 Å². The second kappa shape index (κ2) is 12.0. The average Bonchev–Trinajstić information content (AvgIpc) is 3.69. The maximum absolute atomic E-state index is 13.4. The van der Waals surface area contributed by atoms with Crippen LogP contribution in [0.15, 0.2) is 77.9 Å². The number of hydrogen-bond donors (Lipinski definition) is 2. The maximum atomic E-state index is 13.4. The monoisotopic (exact) mass is 566 g/mol. The zero-order valence-electron chi connectivity index (χ0n) is 20.2. The normalized spacial score (nSPS) is 15.4. The average molecular weight is 567 g/mol. The first-order valence-electron chi connectivity index (χ1n) is 12.0. The number of amides is 2. The summed E-state index contributed by atoms with van der Waals surface area (Å²) >= 11 is 13.8. The van der Waals surface area contributed by atoms with E-state index in [0.29, 0.717) is 29.4 Å². The molecular formula is C28H24Cl2N4O3S. The Balaban J connectivity index is 1.52. The Labute approximate surface area is 234 Å². The largest absolute Gasteiger partial charge is 0.376 e. The molecule has 3 heterocycles. The van der Waals surface area contributed by atoms with Gasteiger partial charge in [0.25, 0.3) is 11.8 Å². The van der Waals surface area contributed by atoms with E-state index in [9.17, 15) is 9.59 Å². The van der Waals surface area contributed by atoms with Crippen LogP contribution in [0.3, 0.4) is 0 Å². The van der Waals surface area contributed by atoms with E-state index in [1.165, 1.54) is 23.5 Å². The molecule has 0 saturated carbocycles. The number of hydrogen-bond acceptors (Lipinski definition) is 5. The topological polar surface area (TPSA) is 85.2 Å². The van der Waals surface area contributed by atoms with E-state index in [4.69, 9.17) is 33.0 Å². The molecule has 1 saturated heterocycles. The third-order valence-electron chi connectivity index (χ3n) is 6.00. The number of carbonyl (C=O) groups is 2. The van der Waals surface area contributed by atoms with Crippen LogP contribution in [0, 0.1) is 0 Å². The lowest BCUT2D eigenvalue weighted by Crippen LogP contribution is -2.38. The summed E-state index contributed by atoms with van der Waals surface area (Å²) in [5.74, 6) is -0.971. The van der Waals surface area contributed by atoms with Crippen molar-refractivity contribution in [2.45, 2.75) is 18.9 Å². The van der Waals surface area contributed by atoms with E-state index >= 15 is 0 Å². The Kier molecular flexibility index (Phi) is 8.24. The molecule has 1 aliphatic rings. The van der Waals surface area contributed by atoms with Gasteiger partial charge in [-0.2, -0.15) is 5.10 Å². The highest BCUT2D eigenvalue weighted by Gasteiger charge is 2.22. The Morgan fingerprint density at radius 2 is 1.97 bits per heavy atom. The van der Waals surface area contributed by atoms with E-state index in [0.717, 1.165) is 23.4 Å². The first kappa shape index (κ1) is 26.2. The summed E-state index contributed by atoms with van der Waals surface area (Å²) < 4.78 is 7.39. The number of ether oxygens (including phenoxy) is 1. The smallest absolute Gasteiger partial charge is 0.267 e. The molecule has 0 radical (unpaired) electrons. The molecule has 1 aliphatic heterocycles. The molecule has 7 nitrogen and oxygen atoms in total. The summed E-state index contributed by atoms with van der Waals surface area (Å²) in [5, 5.41) is 13.0. The molecule has 2 aromatic heterocycles. The first-order chi connectivity index (χ1) is 18.5. The zero-order chi connectivity index (χ0) is 26.5. The highest BCUT2D eigenvalue weighted by molar-refractivity contribution is 7.13. The van der Waals surface area contributed by atoms with Crippen LogP contribution in [-0.4, -0.2) is 40.9 Å². The van der Waals surface area contributed by atoms with Crippen molar-refractivity contribution in [2.24, 2.45) is 0 Å². The number of nitrogens with zero attached hydrogens (tertiary/aromatic N) is 2. The van der Waals surface area contributed by atoms with Gasteiger partial charge in [-0.15, -0.1) is 11.3 Å². The van der Waals surface area contributed by atoms with Gasteiger partial charge in [0.05, 0.1) is 27.3 Å². The van der Waals surface area contributed by atoms with Crippen molar-refractivity contribution in [2.75, 3.05) is 13.2 Å².